The standard InChI is InChI=1S/C12H20N4O3S/c1-4-10-7-16(6-5-11(10)15-17)20(18,19)12-8(2)13-14-9(12)3/h10,17H,4-7H2,1-3H3,(H,13,14). The number of aromatic amines is 1. The zero-order valence-electron chi connectivity index (χ0n) is 11.9. The quantitative estimate of drug-likeness (QED) is 0.649. The van der Waals surface area contributed by atoms with Gasteiger partial charge < -0.3 is 5.21 Å². The second-order valence-corrected chi connectivity index (χ2v) is 6.95. The smallest absolute Gasteiger partial charge is 0.246 e. The Balaban J connectivity index is 2.33. The number of oxime groups is 1. The minimum atomic E-state index is -3.55. The van der Waals surface area contributed by atoms with E-state index in [-0.39, 0.29) is 10.8 Å². The van der Waals surface area contributed by atoms with E-state index in [9.17, 15) is 8.42 Å². The molecule has 1 aliphatic rings. The van der Waals surface area contributed by atoms with Gasteiger partial charge in [-0.15, -0.1) is 0 Å². The molecule has 1 aromatic heterocycles. The third-order valence-corrected chi connectivity index (χ3v) is 5.92. The van der Waals surface area contributed by atoms with E-state index in [4.69, 9.17) is 5.21 Å². The summed E-state index contributed by atoms with van der Waals surface area (Å²) in [4.78, 5) is 0.261. The number of sulfonamides is 1. The number of H-pyrrole nitrogens is 1. The highest BCUT2D eigenvalue weighted by Crippen LogP contribution is 2.26. The zero-order chi connectivity index (χ0) is 14.9. The topological polar surface area (TPSA) is 98.7 Å². The Labute approximate surface area is 118 Å². The SMILES string of the molecule is CCC1CN(S(=O)(=O)c2c(C)n[nH]c2C)CCC1=NO. The van der Waals surface area contributed by atoms with Gasteiger partial charge in [0.2, 0.25) is 10.0 Å². The fourth-order valence-corrected chi connectivity index (χ4v) is 4.47. The van der Waals surface area contributed by atoms with Crippen LogP contribution in [0.15, 0.2) is 10.1 Å². The molecule has 0 bridgehead atoms. The van der Waals surface area contributed by atoms with Gasteiger partial charge in [0, 0.05) is 25.4 Å². The normalized spacial score (nSPS) is 23.4. The number of nitrogens with one attached hydrogen (secondary N) is 1. The molecule has 0 amide bonds. The molecule has 2 rings (SSSR count). The van der Waals surface area contributed by atoms with Gasteiger partial charge in [-0.25, -0.2) is 8.42 Å². The van der Waals surface area contributed by atoms with Crippen molar-refractivity contribution in [2.75, 3.05) is 13.1 Å². The summed E-state index contributed by atoms with van der Waals surface area (Å²) in [6, 6.07) is 0. The van der Waals surface area contributed by atoms with Crippen molar-refractivity contribution < 1.29 is 13.6 Å². The van der Waals surface area contributed by atoms with Crippen LogP contribution in [-0.4, -0.2) is 46.9 Å². The van der Waals surface area contributed by atoms with Crippen LogP contribution in [0.5, 0.6) is 0 Å². The van der Waals surface area contributed by atoms with Crippen LogP contribution in [0, 0.1) is 19.8 Å². The van der Waals surface area contributed by atoms with Crippen molar-refractivity contribution in [1.82, 2.24) is 14.5 Å². The molecule has 2 N–H and O–H groups in total. The van der Waals surface area contributed by atoms with E-state index in [1.165, 1.54) is 4.31 Å². The fraction of sp³-hybridized carbons (Fsp3) is 0.667. The van der Waals surface area contributed by atoms with E-state index in [1.54, 1.807) is 13.8 Å². The van der Waals surface area contributed by atoms with Crippen LogP contribution in [0.3, 0.4) is 0 Å². The van der Waals surface area contributed by atoms with Crippen molar-refractivity contribution in [2.24, 2.45) is 11.1 Å². The molecular formula is C12H20N4O3S. The van der Waals surface area contributed by atoms with Gasteiger partial charge in [0.15, 0.2) is 0 Å². The van der Waals surface area contributed by atoms with Crippen LogP contribution >= 0.6 is 0 Å². The maximum atomic E-state index is 12.7. The first kappa shape index (κ1) is 15.0. The van der Waals surface area contributed by atoms with Crippen LogP contribution in [0.4, 0.5) is 0 Å². The Hall–Kier alpha value is -1.41. The molecule has 112 valence electrons. The van der Waals surface area contributed by atoms with Crippen molar-refractivity contribution in [3.63, 3.8) is 0 Å². The third-order valence-electron chi connectivity index (χ3n) is 3.79. The van der Waals surface area contributed by atoms with E-state index in [0.29, 0.717) is 36.6 Å². The molecule has 2 heterocycles. The van der Waals surface area contributed by atoms with Crippen molar-refractivity contribution in [2.45, 2.75) is 38.5 Å². The van der Waals surface area contributed by atoms with Gasteiger partial charge in [-0.3, -0.25) is 5.10 Å². The minimum Gasteiger partial charge on any atom is -0.411 e. The van der Waals surface area contributed by atoms with Crippen molar-refractivity contribution >= 4 is 15.7 Å². The van der Waals surface area contributed by atoms with Gasteiger partial charge in [-0.1, -0.05) is 12.1 Å². The van der Waals surface area contributed by atoms with Gasteiger partial charge in [0.05, 0.1) is 17.1 Å². The predicted molar refractivity (Wildman–Crippen MR) is 74.4 cm³/mol. The van der Waals surface area contributed by atoms with E-state index in [1.807, 2.05) is 6.92 Å². The predicted octanol–water partition coefficient (Wildman–Crippen LogP) is 1.28. The van der Waals surface area contributed by atoms with Crippen LogP contribution < -0.4 is 0 Å². The van der Waals surface area contributed by atoms with E-state index in [2.05, 4.69) is 15.4 Å². The van der Waals surface area contributed by atoms with Gasteiger partial charge in [0.25, 0.3) is 0 Å². The molecule has 0 aliphatic carbocycles. The van der Waals surface area contributed by atoms with Crippen molar-refractivity contribution in [3.8, 4) is 0 Å². The third kappa shape index (κ3) is 2.45. The molecule has 8 heteroatoms. The molecule has 0 spiro atoms. The van der Waals surface area contributed by atoms with Crippen LogP contribution in [0.1, 0.15) is 31.2 Å². The van der Waals surface area contributed by atoms with Gasteiger partial charge in [-0.05, 0) is 20.3 Å². The minimum absolute atomic E-state index is 0.0314. The van der Waals surface area contributed by atoms with Crippen LogP contribution in [0.2, 0.25) is 0 Å². The molecule has 0 aromatic carbocycles. The highest BCUT2D eigenvalue weighted by molar-refractivity contribution is 7.89. The van der Waals surface area contributed by atoms with E-state index < -0.39 is 10.0 Å². The highest BCUT2D eigenvalue weighted by atomic mass is 32.2. The highest BCUT2D eigenvalue weighted by Gasteiger charge is 2.35. The summed E-state index contributed by atoms with van der Waals surface area (Å²) < 4.78 is 26.9. The number of nitrogens with zero attached hydrogens (tertiary/aromatic N) is 3. The molecular weight excluding hydrogens is 280 g/mol. The molecule has 0 saturated carbocycles. The van der Waals surface area contributed by atoms with Gasteiger partial charge in [0.1, 0.15) is 4.90 Å². The molecule has 1 aliphatic heterocycles. The Bertz CT molecular complexity index is 601. The largest absolute Gasteiger partial charge is 0.411 e. The fourth-order valence-electron chi connectivity index (χ4n) is 2.65. The number of aromatic nitrogens is 2. The van der Waals surface area contributed by atoms with Crippen LogP contribution in [-0.2, 0) is 10.0 Å². The maximum absolute atomic E-state index is 12.7. The molecule has 1 unspecified atom stereocenters. The number of hydrogen-bond acceptors (Lipinski definition) is 5. The average Bonchev–Trinajstić information content (AvgIpc) is 2.77. The molecule has 20 heavy (non-hydrogen) atoms. The van der Waals surface area contributed by atoms with Crippen molar-refractivity contribution in [1.29, 1.82) is 0 Å². The summed E-state index contributed by atoms with van der Waals surface area (Å²) in [5.41, 5.74) is 1.72. The number of rotatable bonds is 3. The summed E-state index contributed by atoms with van der Waals surface area (Å²) >= 11 is 0. The van der Waals surface area contributed by atoms with Gasteiger partial charge >= 0.3 is 0 Å². The summed E-state index contributed by atoms with van der Waals surface area (Å²) in [5, 5.41) is 18.9. The van der Waals surface area contributed by atoms with Gasteiger partial charge in [-0.2, -0.15) is 9.40 Å². The lowest BCUT2D eigenvalue weighted by molar-refractivity contribution is 0.295. The van der Waals surface area contributed by atoms with Crippen molar-refractivity contribution in [3.05, 3.63) is 11.4 Å². The molecule has 1 aromatic rings. The summed E-state index contributed by atoms with van der Waals surface area (Å²) in [6.45, 7) is 6.03. The molecule has 1 fully saturated rings. The maximum Gasteiger partial charge on any atom is 0.246 e. The monoisotopic (exact) mass is 300 g/mol. The summed E-state index contributed by atoms with van der Waals surface area (Å²) in [7, 11) is -3.55. The molecule has 0 radical (unpaired) electrons. The second-order valence-electron chi connectivity index (χ2n) is 5.07. The lowest BCUT2D eigenvalue weighted by Crippen LogP contribution is -2.44. The molecule has 7 nitrogen and oxygen atoms in total. The Morgan fingerprint density at radius 3 is 2.70 bits per heavy atom. The average molecular weight is 300 g/mol. The molecule has 1 atom stereocenters. The first-order valence-corrected chi connectivity index (χ1v) is 8.08. The summed E-state index contributed by atoms with van der Waals surface area (Å²) in [6.07, 6.45) is 1.21. The van der Waals surface area contributed by atoms with Crippen LogP contribution in [0.25, 0.3) is 0 Å². The van der Waals surface area contributed by atoms with E-state index >= 15 is 0 Å². The Morgan fingerprint density at radius 1 is 1.50 bits per heavy atom. The second kappa shape index (κ2) is 5.53. The number of aryl methyl sites for hydroxylation is 2. The van der Waals surface area contributed by atoms with E-state index in [0.717, 1.165) is 6.42 Å². The lowest BCUT2D eigenvalue weighted by atomic mass is 9.95. The Morgan fingerprint density at radius 2 is 2.20 bits per heavy atom. The zero-order valence-corrected chi connectivity index (χ0v) is 12.7. The summed E-state index contributed by atoms with van der Waals surface area (Å²) in [5.74, 6) is -0.0314. The number of piperidine rings is 1. The first-order chi connectivity index (χ1) is 9.41. The number of hydrogen-bond donors (Lipinski definition) is 2. The lowest BCUT2D eigenvalue weighted by Gasteiger charge is -2.31. The molecule has 1 saturated heterocycles. The Kier molecular flexibility index (Phi) is 4.14. The first-order valence-electron chi connectivity index (χ1n) is 6.64.